The number of ether oxygens (including phenoxy) is 3. The number of hydrogen-bond acceptors (Lipinski definition) is 8. The molecule has 0 atom stereocenters. The number of rotatable bonds is 11. The number of nitrogens with one attached hydrogen (secondary N) is 2. The van der Waals surface area contributed by atoms with Crippen molar-refractivity contribution >= 4 is 34.8 Å². The van der Waals surface area contributed by atoms with E-state index in [1.807, 2.05) is 65.6 Å². The molecule has 0 aliphatic carbocycles. The maximum Gasteiger partial charge on any atom is 0.236 e. The largest absolute Gasteiger partial charge is 0.454 e. The topological polar surface area (TPSA) is 88.2 Å². The highest BCUT2D eigenvalue weighted by molar-refractivity contribution is 6.42. The number of nitrogens with zero attached hydrogens (tertiary/aromatic N) is 3. The van der Waals surface area contributed by atoms with E-state index in [0.717, 1.165) is 61.0 Å². The van der Waals surface area contributed by atoms with Gasteiger partial charge in [-0.3, -0.25) is 9.69 Å². The second-order valence-corrected chi connectivity index (χ2v) is 11.5. The van der Waals surface area contributed by atoms with Gasteiger partial charge in [0.25, 0.3) is 0 Å². The van der Waals surface area contributed by atoms with Gasteiger partial charge in [0.15, 0.2) is 11.5 Å². The monoisotopic (exact) mass is 633 g/mol. The first-order valence-electron chi connectivity index (χ1n) is 14.5. The Kier molecular flexibility index (Phi) is 9.67. The van der Waals surface area contributed by atoms with Crippen LogP contribution in [0.25, 0.3) is 0 Å². The Morgan fingerprint density at radius 3 is 2.36 bits per heavy atom. The van der Waals surface area contributed by atoms with Gasteiger partial charge >= 0.3 is 0 Å². The van der Waals surface area contributed by atoms with E-state index in [9.17, 15) is 4.79 Å². The third-order valence-corrected chi connectivity index (χ3v) is 8.28. The summed E-state index contributed by atoms with van der Waals surface area (Å²) in [5.74, 6) is 2.91. The lowest BCUT2D eigenvalue weighted by Gasteiger charge is -2.34. The molecule has 2 aliphatic rings. The van der Waals surface area contributed by atoms with E-state index in [4.69, 9.17) is 37.4 Å². The van der Waals surface area contributed by atoms with Crippen LogP contribution in [0.15, 0.2) is 79.0 Å². The fourth-order valence-electron chi connectivity index (χ4n) is 5.07. The predicted octanol–water partition coefficient (Wildman–Crippen LogP) is 5.96. The van der Waals surface area contributed by atoms with Crippen molar-refractivity contribution in [2.24, 2.45) is 0 Å². The van der Waals surface area contributed by atoms with Gasteiger partial charge in [-0.05, 0) is 59.2 Å². The molecule has 3 heterocycles. The average Bonchev–Trinajstić information content (AvgIpc) is 3.52. The van der Waals surface area contributed by atoms with E-state index in [1.165, 1.54) is 5.56 Å². The summed E-state index contributed by atoms with van der Waals surface area (Å²) < 4.78 is 16.8. The minimum absolute atomic E-state index is 0.119. The molecule has 1 aromatic heterocycles. The highest BCUT2D eigenvalue weighted by Gasteiger charge is 2.22. The number of fused-ring (bicyclic) bond motifs is 1. The van der Waals surface area contributed by atoms with E-state index in [2.05, 4.69) is 26.6 Å². The van der Waals surface area contributed by atoms with Crippen molar-refractivity contribution in [3.63, 3.8) is 0 Å². The van der Waals surface area contributed by atoms with Crippen LogP contribution in [0.4, 0.5) is 5.69 Å². The highest BCUT2D eigenvalue weighted by Crippen LogP contribution is 2.33. The third-order valence-electron chi connectivity index (χ3n) is 7.54. The molecule has 0 bridgehead atoms. The lowest BCUT2D eigenvalue weighted by atomic mass is 10.1. The molecule has 2 N–H and O–H groups in total. The van der Waals surface area contributed by atoms with Crippen LogP contribution in [0, 0.1) is 0 Å². The minimum atomic E-state index is 0.119. The Labute approximate surface area is 266 Å². The first-order valence-corrected chi connectivity index (χ1v) is 15.2. The lowest BCUT2D eigenvalue weighted by molar-refractivity contribution is -0.132. The molecule has 9 nitrogen and oxygen atoms in total. The summed E-state index contributed by atoms with van der Waals surface area (Å²) in [6.07, 6.45) is 1.72. The van der Waals surface area contributed by atoms with Crippen molar-refractivity contribution in [1.29, 1.82) is 0 Å². The summed E-state index contributed by atoms with van der Waals surface area (Å²) in [6.45, 7) is 5.73. The van der Waals surface area contributed by atoms with Crippen LogP contribution in [-0.4, -0.2) is 60.2 Å². The second kappa shape index (κ2) is 14.2. The smallest absolute Gasteiger partial charge is 0.236 e. The van der Waals surface area contributed by atoms with E-state index in [-0.39, 0.29) is 12.7 Å². The van der Waals surface area contributed by atoms with Gasteiger partial charge in [-0.2, -0.15) is 0 Å². The van der Waals surface area contributed by atoms with Crippen LogP contribution in [0.3, 0.4) is 0 Å². The summed E-state index contributed by atoms with van der Waals surface area (Å²) in [4.78, 5) is 21.5. The second-order valence-electron chi connectivity index (χ2n) is 10.7. The molecule has 1 amide bonds. The van der Waals surface area contributed by atoms with Gasteiger partial charge < -0.3 is 29.7 Å². The number of amides is 1. The molecule has 4 aromatic rings. The average molecular weight is 635 g/mol. The summed E-state index contributed by atoms with van der Waals surface area (Å²) in [7, 11) is 0. The van der Waals surface area contributed by atoms with Crippen molar-refractivity contribution in [3.8, 4) is 23.1 Å². The van der Waals surface area contributed by atoms with E-state index >= 15 is 0 Å². The fraction of sp³-hybridized carbons (Fsp3) is 0.273. The zero-order chi connectivity index (χ0) is 30.3. The molecule has 228 valence electrons. The zero-order valence-electron chi connectivity index (χ0n) is 24.1. The Bertz CT molecular complexity index is 1580. The van der Waals surface area contributed by atoms with E-state index in [0.29, 0.717) is 41.3 Å². The number of anilines is 1. The van der Waals surface area contributed by atoms with Gasteiger partial charge in [0, 0.05) is 51.9 Å². The predicted molar refractivity (Wildman–Crippen MR) is 171 cm³/mol. The molecule has 3 aromatic carbocycles. The SMILES string of the molecule is O=C(CNCc1ccc(Oc2ccc(NCc3ccc(Cl)c(Cl)c3)cn2)cc1)N1CCN(Cc2ccc3c(c2)OCO3)CC1. The van der Waals surface area contributed by atoms with Gasteiger partial charge in [-0.25, -0.2) is 4.98 Å². The first kappa shape index (κ1) is 30.0. The van der Waals surface area contributed by atoms with Gasteiger partial charge in [-0.1, -0.05) is 47.5 Å². The highest BCUT2D eigenvalue weighted by atomic mass is 35.5. The van der Waals surface area contributed by atoms with E-state index in [1.54, 1.807) is 12.3 Å². The molecule has 1 fully saturated rings. The van der Waals surface area contributed by atoms with Crippen molar-refractivity contribution in [2.45, 2.75) is 19.6 Å². The molecule has 1 saturated heterocycles. The van der Waals surface area contributed by atoms with Crippen LogP contribution < -0.4 is 24.8 Å². The molecule has 2 aliphatic heterocycles. The molecule has 11 heteroatoms. The molecule has 0 spiro atoms. The Hall–Kier alpha value is -4.02. The Morgan fingerprint density at radius 2 is 1.59 bits per heavy atom. The number of pyridine rings is 1. The van der Waals surface area contributed by atoms with Crippen LogP contribution in [-0.2, 0) is 24.4 Å². The van der Waals surface area contributed by atoms with Crippen molar-refractivity contribution in [1.82, 2.24) is 20.1 Å². The van der Waals surface area contributed by atoms with Crippen LogP contribution in [0.2, 0.25) is 10.0 Å². The normalized spacial score (nSPS) is 14.5. The van der Waals surface area contributed by atoms with Gasteiger partial charge in [0.2, 0.25) is 18.6 Å². The number of hydrogen-bond donors (Lipinski definition) is 2. The number of carbonyl (C=O) groups excluding carboxylic acids is 1. The number of halogens is 2. The molecular weight excluding hydrogens is 601 g/mol. The van der Waals surface area contributed by atoms with Crippen LogP contribution in [0.5, 0.6) is 23.1 Å². The maximum atomic E-state index is 12.8. The zero-order valence-corrected chi connectivity index (χ0v) is 25.6. The van der Waals surface area contributed by atoms with Crippen molar-refractivity contribution in [3.05, 3.63) is 106 Å². The summed E-state index contributed by atoms with van der Waals surface area (Å²) >= 11 is 12.1. The summed E-state index contributed by atoms with van der Waals surface area (Å²) in [5, 5.41) is 7.65. The summed E-state index contributed by atoms with van der Waals surface area (Å²) in [5.41, 5.74) is 4.13. The Balaban J connectivity index is 0.887. The molecular formula is C33H33Cl2N5O4. The maximum absolute atomic E-state index is 12.8. The molecule has 6 rings (SSSR count). The molecule has 0 radical (unpaired) electrons. The molecule has 0 unspecified atom stereocenters. The summed E-state index contributed by atoms with van der Waals surface area (Å²) in [6, 6.07) is 23.1. The van der Waals surface area contributed by atoms with Gasteiger partial charge in [-0.15, -0.1) is 0 Å². The molecule has 44 heavy (non-hydrogen) atoms. The third kappa shape index (κ3) is 7.92. The quantitative estimate of drug-likeness (QED) is 0.209. The molecule has 0 saturated carbocycles. The number of aromatic nitrogens is 1. The lowest BCUT2D eigenvalue weighted by Crippen LogP contribution is -2.50. The van der Waals surface area contributed by atoms with E-state index < -0.39 is 0 Å². The fourth-order valence-corrected chi connectivity index (χ4v) is 5.39. The van der Waals surface area contributed by atoms with Crippen molar-refractivity contribution < 1.29 is 19.0 Å². The standard InChI is InChI=1S/C33H33Cl2N5O4/c34-28-8-3-24(15-29(28)35)18-37-26-5-10-32(38-19-26)44-27-6-1-23(2-7-27)17-36-20-33(41)40-13-11-39(12-14-40)21-25-4-9-30-31(16-25)43-22-42-30/h1-10,15-16,19,36-37H,11-14,17-18,20-22H2. The van der Waals surface area contributed by atoms with Crippen molar-refractivity contribution in [2.75, 3.05) is 44.8 Å². The Morgan fingerprint density at radius 1 is 0.818 bits per heavy atom. The number of carbonyl (C=O) groups is 1. The van der Waals surface area contributed by atoms with Gasteiger partial charge in [0.1, 0.15) is 5.75 Å². The van der Waals surface area contributed by atoms with Crippen LogP contribution >= 0.6 is 23.2 Å². The van der Waals surface area contributed by atoms with Gasteiger partial charge in [0.05, 0.1) is 28.5 Å². The van der Waals surface area contributed by atoms with Crippen LogP contribution in [0.1, 0.15) is 16.7 Å². The minimum Gasteiger partial charge on any atom is -0.454 e. The first-order chi connectivity index (χ1) is 21.5. The number of benzene rings is 3. The number of piperazine rings is 1.